The first-order chi connectivity index (χ1) is 8.24. The molecule has 1 aromatic rings. The fraction of sp³-hybridized carbons (Fsp3) is 0.571. The third kappa shape index (κ3) is 2.55. The standard InChI is InChI=1S/C14H22N2O/c1-11(10-15)12(2)16-8-5-9-17-14-7-4-3-6-13(14)16/h3-4,6-7,11-12H,5,8-10,15H2,1-2H3. The molecule has 0 amide bonds. The Hall–Kier alpha value is -1.22. The number of fused-ring (bicyclic) bond motifs is 1. The van der Waals surface area contributed by atoms with E-state index in [1.165, 1.54) is 5.69 Å². The molecule has 94 valence electrons. The lowest BCUT2D eigenvalue weighted by Crippen LogP contribution is -2.40. The van der Waals surface area contributed by atoms with Gasteiger partial charge in [0, 0.05) is 12.6 Å². The lowest BCUT2D eigenvalue weighted by atomic mass is 10.0. The van der Waals surface area contributed by atoms with Crippen molar-refractivity contribution in [3.63, 3.8) is 0 Å². The average Bonchev–Trinajstić information content (AvgIpc) is 2.59. The van der Waals surface area contributed by atoms with Crippen LogP contribution in [0, 0.1) is 5.92 Å². The van der Waals surface area contributed by atoms with Crippen molar-refractivity contribution in [2.24, 2.45) is 11.7 Å². The molecule has 3 heteroatoms. The molecule has 1 aliphatic rings. The molecule has 0 fully saturated rings. The van der Waals surface area contributed by atoms with E-state index in [0.29, 0.717) is 12.0 Å². The van der Waals surface area contributed by atoms with Gasteiger partial charge < -0.3 is 15.4 Å². The number of hydrogen-bond donors (Lipinski definition) is 1. The molecule has 0 spiro atoms. The second-order valence-corrected chi connectivity index (χ2v) is 4.82. The molecule has 0 saturated heterocycles. The van der Waals surface area contributed by atoms with Gasteiger partial charge >= 0.3 is 0 Å². The van der Waals surface area contributed by atoms with E-state index in [2.05, 4.69) is 30.9 Å². The van der Waals surface area contributed by atoms with Crippen LogP contribution < -0.4 is 15.4 Å². The molecule has 2 rings (SSSR count). The van der Waals surface area contributed by atoms with E-state index in [4.69, 9.17) is 10.5 Å². The predicted octanol–water partition coefficient (Wildman–Crippen LogP) is 2.26. The molecule has 2 N–H and O–H groups in total. The van der Waals surface area contributed by atoms with E-state index in [-0.39, 0.29) is 0 Å². The number of benzene rings is 1. The van der Waals surface area contributed by atoms with Gasteiger partial charge in [-0.25, -0.2) is 0 Å². The molecule has 0 saturated carbocycles. The van der Waals surface area contributed by atoms with Gasteiger partial charge in [0.2, 0.25) is 0 Å². The number of anilines is 1. The van der Waals surface area contributed by atoms with Gasteiger partial charge in [0.05, 0.1) is 12.3 Å². The van der Waals surface area contributed by atoms with Crippen LogP contribution in [0.25, 0.3) is 0 Å². The number of ether oxygens (including phenoxy) is 1. The van der Waals surface area contributed by atoms with Crippen molar-refractivity contribution in [1.29, 1.82) is 0 Å². The smallest absolute Gasteiger partial charge is 0.142 e. The molecule has 17 heavy (non-hydrogen) atoms. The zero-order valence-electron chi connectivity index (χ0n) is 10.7. The first-order valence-electron chi connectivity index (χ1n) is 6.42. The average molecular weight is 234 g/mol. The van der Waals surface area contributed by atoms with Gasteiger partial charge in [-0.05, 0) is 37.9 Å². The number of nitrogens with zero attached hydrogens (tertiary/aromatic N) is 1. The minimum atomic E-state index is 0.447. The van der Waals surface area contributed by atoms with Crippen molar-refractivity contribution in [2.45, 2.75) is 26.3 Å². The zero-order valence-corrected chi connectivity index (χ0v) is 10.7. The second-order valence-electron chi connectivity index (χ2n) is 4.82. The maximum absolute atomic E-state index is 5.78. The first kappa shape index (κ1) is 12.2. The van der Waals surface area contributed by atoms with Crippen molar-refractivity contribution >= 4 is 5.69 Å². The van der Waals surface area contributed by atoms with Crippen LogP contribution in [0.1, 0.15) is 20.3 Å². The summed E-state index contributed by atoms with van der Waals surface area (Å²) in [5, 5.41) is 0. The Morgan fingerprint density at radius 3 is 2.88 bits per heavy atom. The Kier molecular flexibility index (Phi) is 3.89. The van der Waals surface area contributed by atoms with E-state index in [0.717, 1.165) is 31.9 Å². The normalized spacial score (nSPS) is 18.9. The highest BCUT2D eigenvalue weighted by Crippen LogP contribution is 2.33. The summed E-state index contributed by atoms with van der Waals surface area (Å²) < 4.78 is 5.77. The number of rotatable bonds is 3. The molecule has 2 unspecified atom stereocenters. The Morgan fingerprint density at radius 1 is 1.35 bits per heavy atom. The first-order valence-corrected chi connectivity index (χ1v) is 6.42. The SMILES string of the molecule is CC(CN)C(C)N1CCCOc2ccccc21. The summed E-state index contributed by atoms with van der Waals surface area (Å²) in [7, 11) is 0. The minimum absolute atomic E-state index is 0.447. The van der Waals surface area contributed by atoms with Crippen LogP contribution in [0.3, 0.4) is 0 Å². The quantitative estimate of drug-likeness (QED) is 0.872. The Balaban J connectivity index is 2.28. The van der Waals surface area contributed by atoms with Crippen LogP contribution in [0.4, 0.5) is 5.69 Å². The van der Waals surface area contributed by atoms with Gasteiger partial charge in [-0.1, -0.05) is 19.1 Å². The van der Waals surface area contributed by atoms with Crippen LogP contribution in [-0.2, 0) is 0 Å². The minimum Gasteiger partial charge on any atom is -0.491 e. The Bertz CT molecular complexity index is 367. The summed E-state index contributed by atoms with van der Waals surface area (Å²) in [6.45, 7) is 7.03. The zero-order chi connectivity index (χ0) is 12.3. The highest BCUT2D eigenvalue weighted by Gasteiger charge is 2.23. The van der Waals surface area contributed by atoms with Crippen molar-refractivity contribution in [3.05, 3.63) is 24.3 Å². The maximum atomic E-state index is 5.78. The molecule has 1 aromatic carbocycles. The topological polar surface area (TPSA) is 38.5 Å². The summed E-state index contributed by atoms with van der Waals surface area (Å²) in [5.74, 6) is 1.49. The molecule has 0 bridgehead atoms. The van der Waals surface area contributed by atoms with Crippen LogP contribution in [0.5, 0.6) is 5.75 Å². The van der Waals surface area contributed by atoms with Crippen LogP contribution >= 0.6 is 0 Å². The highest BCUT2D eigenvalue weighted by molar-refractivity contribution is 5.59. The Morgan fingerprint density at radius 2 is 2.12 bits per heavy atom. The van der Waals surface area contributed by atoms with Crippen LogP contribution in [0.15, 0.2) is 24.3 Å². The molecule has 0 radical (unpaired) electrons. The fourth-order valence-electron chi connectivity index (χ4n) is 2.28. The van der Waals surface area contributed by atoms with Gasteiger partial charge in [-0.3, -0.25) is 0 Å². The summed E-state index contributed by atoms with van der Waals surface area (Å²) in [6, 6.07) is 8.73. The molecular weight excluding hydrogens is 212 g/mol. The van der Waals surface area contributed by atoms with Crippen molar-refractivity contribution in [2.75, 3.05) is 24.6 Å². The van der Waals surface area contributed by atoms with Gasteiger partial charge in [-0.15, -0.1) is 0 Å². The summed E-state index contributed by atoms with van der Waals surface area (Å²) >= 11 is 0. The lowest BCUT2D eigenvalue weighted by molar-refractivity contribution is 0.321. The highest BCUT2D eigenvalue weighted by atomic mass is 16.5. The van der Waals surface area contributed by atoms with Gasteiger partial charge in [-0.2, -0.15) is 0 Å². The van der Waals surface area contributed by atoms with Gasteiger partial charge in [0.15, 0.2) is 0 Å². The molecule has 2 atom stereocenters. The third-order valence-corrected chi connectivity index (χ3v) is 3.66. The molecule has 0 aromatic heterocycles. The van der Waals surface area contributed by atoms with E-state index in [1.807, 2.05) is 12.1 Å². The molecular formula is C14H22N2O. The molecule has 1 heterocycles. The number of para-hydroxylation sites is 2. The number of nitrogens with two attached hydrogens (primary N) is 1. The van der Waals surface area contributed by atoms with Gasteiger partial charge in [0.25, 0.3) is 0 Å². The summed E-state index contributed by atoms with van der Waals surface area (Å²) in [5.41, 5.74) is 6.99. The number of hydrogen-bond acceptors (Lipinski definition) is 3. The summed E-state index contributed by atoms with van der Waals surface area (Å²) in [6.07, 6.45) is 1.07. The third-order valence-electron chi connectivity index (χ3n) is 3.66. The van der Waals surface area contributed by atoms with Crippen molar-refractivity contribution in [1.82, 2.24) is 0 Å². The second kappa shape index (κ2) is 5.41. The van der Waals surface area contributed by atoms with E-state index in [9.17, 15) is 0 Å². The van der Waals surface area contributed by atoms with Crippen molar-refractivity contribution in [3.8, 4) is 5.75 Å². The lowest BCUT2D eigenvalue weighted by Gasteiger charge is -2.34. The largest absolute Gasteiger partial charge is 0.491 e. The molecule has 1 aliphatic heterocycles. The monoisotopic (exact) mass is 234 g/mol. The van der Waals surface area contributed by atoms with Crippen LogP contribution in [-0.4, -0.2) is 25.7 Å². The summed E-state index contributed by atoms with van der Waals surface area (Å²) in [4.78, 5) is 2.43. The van der Waals surface area contributed by atoms with Gasteiger partial charge in [0.1, 0.15) is 5.75 Å². The van der Waals surface area contributed by atoms with E-state index in [1.54, 1.807) is 0 Å². The van der Waals surface area contributed by atoms with E-state index < -0.39 is 0 Å². The van der Waals surface area contributed by atoms with E-state index >= 15 is 0 Å². The maximum Gasteiger partial charge on any atom is 0.142 e. The van der Waals surface area contributed by atoms with Crippen molar-refractivity contribution < 1.29 is 4.74 Å². The molecule has 0 aliphatic carbocycles. The molecule has 3 nitrogen and oxygen atoms in total. The van der Waals surface area contributed by atoms with Crippen LogP contribution in [0.2, 0.25) is 0 Å². The predicted molar refractivity (Wildman–Crippen MR) is 71.6 cm³/mol. The Labute approximate surface area is 104 Å². The fourth-order valence-corrected chi connectivity index (χ4v) is 2.28.